The first kappa shape index (κ1) is 10.3. The van der Waals surface area contributed by atoms with Crippen molar-refractivity contribution in [2.45, 2.75) is 19.3 Å². The first-order chi connectivity index (χ1) is 6.59. The summed E-state index contributed by atoms with van der Waals surface area (Å²) >= 11 is 3.06. The Morgan fingerprint density at radius 3 is 2.57 bits per heavy atom. The van der Waals surface area contributed by atoms with Gasteiger partial charge in [-0.05, 0) is 18.3 Å². The third-order valence-electron chi connectivity index (χ3n) is 3.37. The van der Waals surface area contributed by atoms with Gasteiger partial charge in [0.1, 0.15) is 0 Å². The van der Waals surface area contributed by atoms with Crippen molar-refractivity contribution in [2.75, 3.05) is 18.4 Å². The van der Waals surface area contributed by atoms with Crippen LogP contribution in [0.3, 0.4) is 0 Å². The van der Waals surface area contributed by atoms with Gasteiger partial charge < -0.3 is 4.90 Å². The Kier molecular flexibility index (Phi) is 2.53. The van der Waals surface area contributed by atoms with E-state index in [2.05, 4.69) is 15.9 Å². The number of amides is 1. The summed E-state index contributed by atoms with van der Waals surface area (Å²) in [5.41, 5.74) is -0.230. The van der Waals surface area contributed by atoms with Crippen molar-refractivity contribution < 1.29 is 13.6 Å². The summed E-state index contributed by atoms with van der Waals surface area (Å²) in [4.78, 5) is 12.9. The number of carbonyl (C=O) groups is 1. The van der Waals surface area contributed by atoms with Crippen LogP contribution in [0.4, 0.5) is 8.78 Å². The highest BCUT2D eigenvalue weighted by Gasteiger charge is 2.58. The van der Waals surface area contributed by atoms with Crippen LogP contribution in [0.15, 0.2) is 0 Å². The SMILES string of the molecule is O=C(CBr)N1CC(C(F)F)C2(CC2)C1. The second kappa shape index (κ2) is 3.43. The summed E-state index contributed by atoms with van der Waals surface area (Å²) in [6.07, 6.45) is -0.576. The smallest absolute Gasteiger partial charge is 0.243 e. The van der Waals surface area contributed by atoms with E-state index < -0.39 is 12.3 Å². The summed E-state index contributed by atoms with van der Waals surface area (Å²) in [7, 11) is 0. The molecule has 5 heteroatoms. The van der Waals surface area contributed by atoms with Gasteiger partial charge in [0.2, 0.25) is 12.3 Å². The zero-order valence-electron chi connectivity index (χ0n) is 7.68. The minimum atomic E-state index is -2.29. The molecule has 2 fully saturated rings. The molecule has 1 saturated heterocycles. The summed E-state index contributed by atoms with van der Waals surface area (Å²) in [6, 6.07) is 0. The number of halogens is 3. The fourth-order valence-corrected chi connectivity index (χ4v) is 2.66. The standard InChI is InChI=1S/C9H12BrF2NO/c10-3-7(14)13-4-6(8(11)12)9(5-13)1-2-9/h6,8H,1-5H2. The molecule has 0 aromatic heterocycles. The maximum absolute atomic E-state index is 12.7. The largest absolute Gasteiger partial charge is 0.341 e. The summed E-state index contributed by atoms with van der Waals surface area (Å²) in [6.45, 7) is 0.772. The number of nitrogens with zero attached hydrogens (tertiary/aromatic N) is 1. The van der Waals surface area contributed by atoms with Gasteiger partial charge in [-0.3, -0.25) is 4.79 Å². The molecule has 2 rings (SSSR count). The normalized spacial score (nSPS) is 28.9. The lowest BCUT2D eigenvalue weighted by molar-refractivity contribution is -0.127. The van der Waals surface area contributed by atoms with E-state index in [1.54, 1.807) is 4.90 Å². The van der Waals surface area contributed by atoms with Gasteiger partial charge in [0, 0.05) is 19.0 Å². The van der Waals surface area contributed by atoms with Gasteiger partial charge in [-0.2, -0.15) is 0 Å². The highest BCUT2D eigenvalue weighted by Crippen LogP contribution is 2.57. The van der Waals surface area contributed by atoms with Crippen molar-refractivity contribution in [1.82, 2.24) is 4.90 Å². The number of carbonyl (C=O) groups excluding carboxylic acids is 1. The third kappa shape index (κ3) is 1.55. The van der Waals surface area contributed by atoms with E-state index in [9.17, 15) is 13.6 Å². The molecule has 0 radical (unpaired) electrons. The van der Waals surface area contributed by atoms with E-state index in [1.807, 2.05) is 0 Å². The van der Waals surface area contributed by atoms with Crippen LogP contribution >= 0.6 is 15.9 Å². The zero-order valence-corrected chi connectivity index (χ0v) is 9.27. The van der Waals surface area contributed by atoms with Crippen molar-refractivity contribution in [3.8, 4) is 0 Å². The molecule has 0 N–H and O–H groups in total. The molecule has 1 atom stereocenters. The fourth-order valence-electron chi connectivity index (χ4n) is 2.30. The maximum Gasteiger partial charge on any atom is 0.243 e. The van der Waals surface area contributed by atoms with Crippen LogP contribution in [0.1, 0.15) is 12.8 Å². The molecule has 0 bridgehead atoms. The molecule has 1 unspecified atom stereocenters. The van der Waals surface area contributed by atoms with Gasteiger partial charge in [0.25, 0.3) is 0 Å². The van der Waals surface area contributed by atoms with Gasteiger partial charge in [0.05, 0.1) is 5.33 Å². The molecule has 0 aromatic rings. The second-order valence-corrected chi connectivity index (χ2v) is 4.77. The van der Waals surface area contributed by atoms with Crippen LogP contribution in [0.5, 0.6) is 0 Å². The first-order valence-corrected chi connectivity index (χ1v) is 5.83. The fraction of sp³-hybridized carbons (Fsp3) is 0.889. The summed E-state index contributed by atoms with van der Waals surface area (Å²) < 4.78 is 25.3. The van der Waals surface area contributed by atoms with Crippen LogP contribution in [-0.2, 0) is 4.79 Å². The highest BCUT2D eigenvalue weighted by molar-refractivity contribution is 9.09. The van der Waals surface area contributed by atoms with Crippen LogP contribution in [-0.4, -0.2) is 35.7 Å². The highest BCUT2D eigenvalue weighted by atomic mass is 79.9. The number of likely N-dealkylation sites (tertiary alicyclic amines) is 1. The average molecular weight is 268 g/mol. The van der Waals surface area contributed by atoms with Crippen molar-refractivity contribution >= 4 is 21.8 Å². The van der Waals surface area contributed by atoms with Gasteiger partial charge >= 0.3 is 0 Å². The Bertz CT molecular complexity index is 255. The van der Waals surface area contributed by atoms with Crippen molar-refractivity contribution in [3.05, 3.63) is 0 Å². The van der Waals surface area contributed by atoms with Gasteiger partial charge in [-0.1, -0.05) is 15.9 Å². The molecule has 1 heterocycles. The molecule has 14 heavy (non-hydrogen) atoms. The average Bonchev–Trinajstić information content (AvgIpc) is 2.77. The molecular weight excluding hydrogens is 256 g/mol. The number of rotatable bonds is 2. The monoisotopic (exact) mass is 267 g/mol. The van der Waals surface area contributed by atoms with Gasteiger partial charge in [-0.15, -0.1) is 0 Å². The summed E-state index contributed by atoms with van der Waals surface area (Å²) in [5.74, 6) is -0.662. The van der Waals surface area contributed by atoms with Crippen molar-refractivity contribution in [1.29, 1.82) is 0 Å². The lowest BCUT2D eigenvalue weighted by Crippen LogP contribution is -2.30. The van der Waals surface area contributed by atoms with E-state index >= 15 is 0 Å². The lowest BCUT2D eigenvalue weighted by atomic mass is 9.93. The molecule has 2 aliphatic rings. The molecule has 1 aliphatic carbocycles. The number of hydrogen-bond donors (Lipinski definition) is 0. The number of alkyl halides is 3. The van der Waals surface area contributed by atoms with Crippen LogP contribution in [0.25, 0.3) is 0 Å². The third-order valence-corrected chi connectivity index (χ3v) is 3.85. The van der Waals surface area contributed by atoms with E-state index in [1.165, 1.54) is 0 Å². The van der Waals surface area contributed by atoms with Crippen molar-refractivity contribution in [3.63, 3.8) is 0 Å². The molecule has 1 saturated carbocycles. The van der Waals surface area contributed by atoms with E-state index in [0.29, 0.717) is 6.54 Å². The Labute approximate surface area is 89.8 Å². The minimum Gasteiger partial charge on any atom is -0.341 e. The molecule has 1 spiro atoms. The topological polar surface area (TPSA) is 20.3 Å². The van der Waals surface area contributed by atoms with Crippen LogP contribution < -0.4 is 0 Å². The maximum atomic E-state index is 12.7. The Morgan fingerprint density at radius 1 is 1.57 bits per heavy atom. The lowest BCUT2D eigenvalue weighted by Gasteiger charge is -2.14. The Morgan fingerprint density at radius 2 is 2.21 bits per heavy atom. The molecule has 1 amide bonds. The predicted molar refractivity (Wildman–Crippen MR) is 51.5 cm³/mol. The Balaban J connectivity index is 2.06. The first-order valence-electron chi connectivity index (χ1n) is 4.71. The van der Waals surface area contributed by atoms with E-state index in [0.717, 1.165) is 12.8 Å². The molecule has 0 aromatic carbocycles. The molecule has 2 nitrogen and oxygen atoms in total. The van der Waals surface area contributed by atoms with E-state index in [4.69, 9.17) is 0 Å². The Hall–Kier alpha value is -0.190. The summed E-state index contributed by atoms with van der Waals surface area (Å²) in [5, 5.41) is 0.235. The van der Waals surface area contributed by atoms with Gasteiger partial charge in [-0.25, -0.2) is 8.78 Å². The van der Waals surface area contributed by atoms with Crippen molar-refractivity contribution in [2.24, 2.45) is 11.3 Å². The quantitative estimate of drug-likeness (QED) is 0.700. The minimum absolute atomic E-state index is 0.0700. The van der Waals surface area contributed by atoms with Gasteiger partial charge in [0.15, 0.2) is 0 Å². The molecule has 80 valence electrons. The van der Waals surface area contributed by atoms with E-state index in [-0.39, 0.29) is 23.2 Å². The van der Waals surface area contributed by atoms with Crippen LogP contribution in [0.2, 0.25) is 0 Å². The predicted octanol–water partition coefficient (Wildman–Crippen LogP) is 1.89. The van der Waals surface area contributed by atoms with Crippen LogP contribution in [0, 0.1) is 11.3 Å². The zero-order chi connectivity index (χ0) is 10.3. The second-order valence-electron chi connectivity index (χ2n) is 4.21. The molecule has 1 aliphatic heterocycles. The molecular formula is C9H12BrF2NO. The number of hydrogen-bond acceptors (Lipinski definition) is 1.